The SMILES string of the molecule is CSc1nc2ccc(NC3CCCC(C(=O)O)C3)cc2s1. The second kappa shape index (κ2) is 6.23. The van der Waals surface area contributed by atoms with Gasteiger partial charge in [-0.2, -0.15) is 0 Å². The largest absolute Gasteiger partial charge is 0.481 e. The third-order valence-corrected chi connectivity index (χ3v) is 5.94. The van der Waals surface area contributed by atoms with Gasteiger partial charge in [-0.1, -0.05) is 18.2 Å². The lowest BCUT2D eigenvalue weighted by atomic mass is 9.85. The van der Waals surface area contributed by atoms with Crippen LogP contribution >= 0.6 is 23.1 Å². The van der Waals surface area contributed by atoms with Gasteiger partial charge in [-0.05, 0) is 43.7 Å². The molecule has 21 heavy (non-hydrogen) atoms. The zero-order valence-corrected chi connectivity index (χ0v) is 13.5. The number of carboxylic acids is 1. The first-order valence-electron chi connectivity index (χ1n) is 7.09. The highest BCUT2D eigenvalue weighted by Crippen LogP contribution is 2.32. The summed E-state index contributed by atoms with van der Waals surface area (Å²) < 4.78 is 2.25. The predicted molar refractivity (Wildman–Crippen MR) is 88.4 cm³/mol. The number of aliphatic carboxylic acids is 1. The molecule has 3 rings (SSSR count). The van der Waals surface area contributed by atoms with Crippen molar-refractivity contribution in [2.75, 3.05) is 11.6 Å². The summed E-state index contributed by atoms with van der Waals surface area (Å²) in [4.78, 5) is 15.7. The van der Waals surface area contributed by atoms with Crippen molar-refractivity contribution in [3.05, 3.63) is 18.2 Å². The number of rotatable bonds is 4. The maximum atomic E-state index is 11.1. The van der Waals surface area contributed by atoms with Crippen LogP contribution in [0.25, 0.3) is 10.2 Å². The molecule has 2 atom stereocenters. The Balaban J connectivity index is 1.73. The Hall–Kier alpha value is -1.27. The molecule has 2 N–H and O–H groups in total. The van der Waals surface area contributed by atoms with Crippen molar-refractivity contribution in [1.29, 1.82) is 0 Å². The normalized spacial score (nSPS) is 22.3. The van der Waals surface area contributed by atoms with Crippen molar-refractivity contribution in [1.82, 2.24) is 4.98 Å². The third kappa shape index (κ3) is 3.32. The first kappa shape index (κ1) is 14.7. The number of anilines is 1. The molecule has 0 saturated heterocycles. The second-order valence-corrected chi connectivity index (χ2v) is 7.49. The summed E-state index contributed by atoms with van der Waals surface area (Å²) in [6.07, 6.45) is 5.57. The number of thioether (sulfide) groups is 1. The van der Waals surface area contributed by atoms with E-state index in [-0.39, 0.29) is 12.0 Å². The molecule has 6 heteroatoms. The Labute approximate surface area is 132 Å². The number of aromatic nitrogens is 1. The van der Waals surface area contributed by atoms with Gasteiger partial charge in [0.15, 0.2) is 4.34 Å². The van der Waals surface area contributed by atoms with Gasteiger partial charge in [0, 0.05) is 11.7 Å². The summed E-state index contributed by atoms with van der Waals surface area (Å²) in [6, 6.07) is 6.45. The van der Waals surface area contributed by atoms with Gasteiger partial charge in [0.2, 0.25) is 0 Å². The monoisotopic (exact) mass is 322 g/mol. The lowest BCUT2D eigenvalue weighted by Crippen LogP contribution is -2.30. The maximum absolute atomic E-state index is 11.1. The summed E-state index contributed by atoms with van der Waals surface area (Å²) in [5.41, 5.74) is 2.09. The molecule has 1 aliphatic rings. The number of fused-ring (bicyclic) bond motifs is 1. The second-order valence-electron chi connectivity index (χ2n) is 5.41. The number of nitrogens with zero attached hydrogens (tertiary/aromatic N) is 1. The van der Waals surface area contributed by atoms with Gasteiger partial charge in [0.05, 0.1) is 16.1 Å². The zero-order chi connectivity index (χ0) is 14.8. The lowest BCUT2D eigenvalue weighted by Gasteiger charge is -2.28. The highest BCUT2D eigenvalue weighted by molar-refractivity contribution is 8.00. The average molecular weight is 322 g/mol. The van der Waals surface area contributed by atoms with E-state index >= 15 is 0 Å². The lowest BCUT2D eigenvalue weighted by molar-refractivity contribution is -0.142. The summed E-state index contributed by atoms with van der Waals surface area (Å²) >= 11 is 3.36. The van der Waals surface area contributed by atoms with E-state index in [0.717, 1.165) is 34.8 Å². The Kier molecular flexibility index (Phi) is 4.35. The summed E-state index contributed by atoms with van der Waals surface area (Å²) in [7, 11) is 0. The van der Waals surface area contributed by atoms with E-state index in [9.17, 15) is 4.79 Å². The van der Waals surface area contributed by atoms with Crippen molar-refractivity contribution in [3.63, 3.8) is 0 Å². The van der Waals surface area contributed by atoms with Gasteiger partial charge in [0.25, 0.3) is 0 Å². The van der Waals surface area contributed by atoms with Crippen molar-refractivity contribution < 1.29 is 9.90 Å². The number of hydrogen-bond acceptors (Lipinski definition) is 5. The van der Waals surface area contributed by atoms with Crippen LogP contribution in [0.5, 0.6) is 0 Å². The minimum absolute atomic E-state index is 0.202. The first-order valence-corrected chi connectivity index (χ1v) is 9.14. The van der Waals surface area contributed by atoms with Crippen LogP contribution in [-0.4, -0.2) is 28.4 Å². The van der Waals surface area contributed by atoms with Gasteiger partial charge in [-0.25, -0.2) is 4.98 Å². The number of thiazole rings is 1. The molecule has 0 spiro atoms. The Morgan fingerprint density at radius 2 is 2.33 bits per heavy atom. The molecular weight excluding hydrogens is 304 g/mol. The molecule has 0 aliphatic heterocycles. The Bertz CT molecular complexity index is 656. The molecule has 1 saturated carbocycles. The summed E-state index contributed by atoms with van der Waals surface area (Å²) in [6.45, 7) is 0. The number of carboxylic acid groups (broad SMARTS) is 1. The van der Waals surface area contributed by atoms with Crippen LogP contribution in [0.4, 0.5) is 5.69 Å². The standard InChI is InChI=1S/C15H18N2O2S2/c1-20-15-17-12-6-5-11(8-13(12)21-15)16-10-4-2-3-9(7-10)14(18)19/h5-6,8-10,16H,2-4,7H2,1H3,(H,18,19). The predicted octanol–water partition coefficient (Wildman–Crippen LogP) is 4.07. The fourth-order valence-corrected chi connectivity index (χ4v) is 4.39. The van der Waals surface area contributed by atoms with E-state index in [1.54, 1.807) is 23.1 Å². The topological polar surface area (TPSA) is 62.2 Å². The number of hydrogen-bond donors (Lipinski definition) is 2. The molecule has 0 amide bonds. The molecule has 1 aliphatic carbocycles. The Morgan fingerprint density at radius 1 is 1.48 bits per heavy atom. The average Bonchev–Trinajstić information content (AvgIpc) is 2.90. The zero-order valence-electron chi connectivity index (χ0n) is 11.8. The van der Waals surface area contributed by atoms with Crippen LogP contribution in [-0.2, 0) is 4.79 Å². The molecule has 4 nitrogen and oxygen atoms in total. The van der Waals surface area contributed by atoms with Crippen molar-refractivity contribution in [3.8, 4) is 0 Å². The smallest absolute Gasteiger partial charge is 0.306 e. The fourth-order valence-electron chi connectivity index (χ4n) is 2.86. The summed E-state index contributed by atoms with van der Waals surface area (Å²) in [5.74, 6) is -0.865. The van der Waals surface area contributed by atoms with Gasteiger partial charge in [-0.3, -0.25) is 4.79 Å². The quantitative estimate of drug-likeness (QED) is 0.831. The molecule has 2 unspecified atom stereocenters. The number of carbonyl (C=O) groups is 1. The first-order chi connectivity index (χ1) is 10.2. The van der Waals surface area contributed by atoms with Crippen LogP contribution in [0.3, 0.4) is 0 Å². The maximum Gasteiger partial charge on any atom is 0.306 e. The van der Waals surface area contributed by atoms with Crippen LogP contribution in [0.1, 0.15) is 25.7 Å². The molecule has 112 valence electrons. The van der Waals surface area contributed by atoms with Crippen LogP contribution in [0.15, 0.2) is 22.5 Å². The molecule has 1 aromatic carbocycles. The third-order valence-electron chi connectivity index (χ3n) is 3.94. The molecule has 2 aromatic rings. The molecule has 0 radical (unpaired) electrons. The van der Waals surface area contributed by atoms with Crippen molar-refractivity contribution in [2.24, 2.45) is 5.92 Å². The minimum atomic E-state index is -0.663. The highest BCUT2D eigenvalue weighted by atomic mass is 32.2. The summed E-state index contributed by atoms with van der Waals surface area (Å²) in [5, 5.41) is 12.7. The van der Waals surface area contributed by atoms with E-state index in [1.807, 2.05) is 18.4 Å². The molecular formula is C15H18N2O2S2. The van der Waals surface area contributed by atoms with Crippen LogP contribution < -0.4 is 5.32 Å². The molecule has 1 aromatic heterocycles. The van der Waals surface area contributed by atoms with Gasteiger partial charge in [-0.15, -0.1) is 11.3 Å². The Morgan fingerprint density at radius 3 is 3.10 bits per heavy atom. The van der Waals surface area contributed by atoms with Crippen LogP contribution in [0, 0.1) is 5.92 Å². The van der Waals surface area contributed by atoms with E-state index < -0.39 is 5.97 Å². The van der Waals surface area contributed by atoms with E-state index in [4.69, 9.17) is 5.11 Å². The minimum Gasteiger partial charge on any atom is -0.481 e. The fraction of sp³-hybridized carbons (Fsp3) is 0.467. The van der Waals surface area contributed by atoms with Gasteiger partial charge in [0.1, 0.15) is 0 Å². The number of nitrogens with one attached hydrogen (secondary N) is 1. The van der Waals surface area contributed by atoms with E-state index in [0.29, 0.717) is 6.42 Å². The van der Waals surface area contributed by atoms with Crippen LogP contribution in [0.2, 0.25) is 0 Å². The molecule has 1 heterocycles. The van der Waals surface area contributed by atoms with E-state index in [2.05, 4.69) is 16.4 Å². The van der Waals surface area contributed by atoms with Gasteiger partial charge < -0.3 is 10.4 Å². The number of benzene rings is 1. The van der Waals surface area contributed by atoms with Crippen molar-refractivity contribution in [2.45, 2.75) is 36.1 Å². The molecule has 1 fully saturated rings. The highest BCUT2D eigenvalue weighted by Gasteiger charge is 2.26. The van der Waals surface area contributed by atoms with E-state index in [1.165, 1.54) is 4.70 Å². The molecule has 0 bridgehead atoms. The van der Waals surface area contributed by atoms with Gasteiger partial charge >= 0.3 is 5.97 Å². The van der Waals surface area contributed by atoms with Crippen molar-refractivity contribution >= 4 is 45.0 Å².